The molecule has 0 saturated carbocycles. The monoisotopic (exact) mass is 353 g/mol. The average Bonchev–Trinajstić information content (AvgIpc) is 3.04. The van der Waals surface area contributed by atoms with Gasteiger partial charge >= 0.3 is 0 Å². The molecular formula is C17H16FN7O. The number of aliphatic hydroxyl groups is 1. The summed E-state index contributed by atoms with van der Waals surface area (Å²) in [6.45, 7) is -0.0418. The fraction of sp³-hybridized carbons (Fsp3) is 0.176. The number of nitriles is 1. The van der Waals surface area contributed by atoms with Crippen molar-refractivity contribution in [3.63, 3.8) is 0 Å². The summed E-state index contributed by atoms with van der Waals surface area (Å²) in [4.78, 5) is 8.43. The SMILES string of the molecule is Cn1cc(Nc2nccc(-c3ccc(C(O)NCC#N)cc3F)n2)cn1. The van der Waals surface area contributed by atoms with Crippen LogP contribution in [-0.2, 0) is 7.05 Å². The zero-order valence-electron chi connectivity index (χ0n) is 13.9. The van der Waals surface area contributed by atoms with E-state index in [9.17, 15) is 9.50 Å². The van der Waals surface area contributed by atoms with E-state index in [-0.39, 0.29) is 12.1 Å². The first kappa shape index (κ1) is 17.5. The zero-order chi connectivity index (χ0) is 18.5. The zero-order valence-corrected chi connectivity index (χ0v) is 13.9. The molecule has 2 aromatic heterocycles. The molecule has 0 spiro atoms. The van der Waals surface area contributed by atoms with Gasteiger partial charge in [-0.05, 0) is 23.8 Å². The Morgan fingerprint density at radius 1 is 1.38 bits per heavy atom. The Balaban J connectivity index is 1.82. The van der Waals surface area contributed by atoms with Gasteiger partial charge in [-0.3, -0.25) is 10.00 Å². The van der Waals surface area contributed by atoms with Gasteiger partial charge in [-0.2, -0.15) is 10.4 Å². The van der Waals surface area contributed by atoms with Gasteiger partial charge in [-0.15, -0.1) is 0 Å². The van der Waals surface area contributed by atoms with Crippen molar-refractivity contribution in [1.82, 2.24) is 25.1 Å². The molecule has 9 heteroatoms. The summed E-state index contributed by atoms with van der Waals surface area (Å²) in [5.74, 6) is -0.221. The van der Waals surface area contributed by atoms with Crippen LogP contribution in [-0.4, -0.2) is 31.4 Å². The first-order chi connectivity index (χ1) is 12.6. The fourth-order valence-corrected chi connectivity index (χ4v) is 2.35. The minimum atomic E-state index is -1.12. The standard InChI is InChI=1S/C17H16FN7O/c1-25-10-12(9-22-25)23-17-21-6-4-15(24-17)13-3-2-11(8-14(13)18)16(26)20-7-5-19/h2-4,6,8-10,16,20,26H,7H2,1H3,(H,21,23,24). The van der Waals surface area contributed by atoms with E-state index < -0.39 is 12.0 Å². The van der Waals surface area contributed by atoms with E-state index in [2.05, 4.69) is 25.7 Å². The van der Waals surface area contributed by atoms with Gasteiger partial charge in [-0.1, -0.05) is 6.07 Å². The fourth-order valence-electron chi connectivity index (χ4n) is 2.35. The molecule has 132 valence electrons. The van der Waals surface area contributed by atoms with Gasteiger partial charge in [0.2, 0.25) is 5.95 Å². The van der Waals surface area contributed by atoms with Crippen molar-refractivity contribution in [2.75, 3.05) is 11.9 Å². The van der Waals surface area contributed by atoms with Gasteiger partial charge in [0.15, 0.2) is 0 Å². The molecule has 0 radical (unpaired) electrons. The normalized spacial score (nSPS) is 11.8. The van der Waals surface area contributed by atoms with Crippen LogP contribution in [0, 0.1) is 17.1 Å². The number of halogens is 1. The Hall–Kier alpha value is -3.35. The molecule has 2 heterocycles. The van der Waals surface area contributed by atoms with E-state index in [4.69, 9.17) is 5.26 Å². The maximum Gasteiger partial charge on any atom is 0.227 e. The lowest BCUT2D eigenvalue weighted by Gasteiger charge is -2.12. The Morgan fingerprint density at radius 2 is 2.23 bits per heavy atom. The van der Waals surface area contributed by atoms with Gasteiger partial charge in [0, 0.05) is 25.0 Å². The Morgan fingerprint density at radius 3 is 2.92 bits per heavy atom. The summed E-state index contributed by atoms with van der Waals surface area (Å²) in [7, 11) is 1.79. The highest BCUT2D eigenvalue weighted by Crippen LogP contribution is 2.25. The highest BCUT2D eigenvalue weighted by Gasteiger charge is 2.13. The van der Waals surface area contributed by atoms with Gasteiger partial charge < -0.3 is 10.4 Å². The van der Waals surface area contributed by atoms with Gasteiger partial charge in [0.25, 0.3) is 0 Å². The highest BCUT2D eigenvalue weighted by molar-refractivity contribution is 5.62. The molecule has 0 aliphatic rings. The Kier molecular flexibility index (Phi) is 5.17. The summed E-state index contributed by atoms with van der Waals surface area (Å²) in [5.41, 5.74) is 1.71. The van der Waals surface area contributed by atoms with E-state index >= 15 is 0 Å². The smallest absolute Gasteiger partial charge is 0.227 e. The van der Waals surface area contributed by atoms with Crippen molar-refractivity contribution in [3.8, 4) is 17.3 Å². The number of nitrogens with one attached hydrogen (secondary N) is 2. The summed E-state index contributed by atoms with van der Waals surface area (Å²) in [6, 6.07) is 7.76. The predicted octanol–water partition coefficient (Wildman–Crippen LogP) is 1.86. The minimum Gasteiger partial charge on any atom is -0.374 e. The minimum absolute atomic E-state index is 0.0418. The quantitative estimate of drug-likeness (QED) is 0.458. The van der Waals surface area contributed by atoms with E-state index in [1.54, 1.807) is 36.3 Å². The number of aryl methyl sites for hydroxylation is 1. The molecular weight excluding hydrogens is 337 g/mol. The van der Waals surface area contributed by atoms with E-state index in [0.717, 1.165) is 0 Å². The van der Waals surface area contributed by atoms with Crippen molar-refractivity contribution >= 4 is 11.6 Å². The van der Waals surface area contributed by atoms with Crippen LogP contribution in [0.2, 0.25) is 0 Å². The largest absolute Gasteiger partial charge is 0.374 e. The molecule has 0 saturated heterocycles. The van der Waals surface area contributed by atoms with Crippen molar-refractivity contribution in [2.24, 2.45) is 7.05 Å². The van der Waals surface area contributed by atoms with Crippen LogP contribution in [0.4, 0.5) is 16.0 Å². The molecule has 8 nitrogen and oxygen atoms in total. The predicted molar refractivity (Wildman–Crippen MR) is 92.5 cm³/mol. The van der Waals surface area contributed by atoms with Crippen LogP contribution in [0.3, 0.4) is 0 Å². The van der Waals surface area contributed by atoms with Crippen molar-refractivity contribution in [2.45, 2.75) is 6.23 Å². The number of aromatic nitrogens is 4. The number of hydrogen-bond acceptors (Lipinski definition) is 7. The van der Waals surface area contributed by atoms with E-state index in [1.807, 2.05) is 6.07 Å². The summed E-state index contributed by atoms with van der Waals surface area (Å²) in [5, 5.41) is 28.0. The van der Waals surface area contributed by atoms with Crippen LogP contribution >= 0.6 is 0 Å². The van der Waals surface area contributed by atoms with Gasteiger partial charge in [0.05, 0.1) is 30.2 Å². The molecule has 0 aliphatic heterocycles. The van der Waals surface area contributed by atoms with Crippen LogP contribution in [0.1, 0.15) is 11.8 Å². The van der Waals surface area contributed by atoms with Crippen LogP contribution in [0.5, 0.6) is 0 Å². The number of aliphatic hydroxyl groups excluding tert-OH is 1. The van der Waals surface area contributed by atoms with Crippen molar-refractivity contribution in [3.05, 3.63) is 54.2 Å². The third-order valence-corrected chi connectivity index (χ3v) is 3.58. The molecule has 0 aliphatic carbocycles. The Bertz CT molecular complexity index is 950. The lowest BCUT2D eigenvalue weighted by Crippen LogP contribution is -2.21. The first-order valence-electron chi connectivity index (χ1n) is 7.74. The van der Waals surface area contributed by atoms with Gasteiger partial charge in [0.1, 0.15) is 12.0 Å². The first-order valence-corrected chi connectivity index (χ1v) is 7.74. The summed E-state index contributed by atoms with van der Waals surface area (Å²) < 4.78 is 16.1. The van der Waals surface area contributed by atoms with Crippen LogP contribution in [0.15, 0.2) is 42.9 Å². The average molecular weight is 353 g/mol. The molecule has 26 heavy (non-hydrogen) atoms. The molecule has 1 aromatic carbocycles. The van der Waals surface area contributed by atoms with Crippen molar-refractivity contribution in [1.29, 1.82) is 5.26 Å². The molecule has 1 atom stereocenters. The van der Waals surface area contributed by atoms with E-state index in [0.29, 0.717) is 22.9 Å². The highest BCUT2D eigenvalue weighted by atomic mass is 19.1. The summed E-state index contributed by atoms with van der Waals surface area (Å²) in [6.07, 6.45) is 3.80. The topological polar surface area (TPSA) is 112 Å². The molecule has 1 unspecified atom stereocenters. The maximum atomic E-state index is 14.5. The van der Waals surface area contributed by atoms with Crippen LogP contribution < -0.4 is 10.6 Å². The number of nitrogens with zero attached hydrogens (tertiary/aromatic N) is 5. The van der Waals surface area contributed by atoms with E-state index in [1.165, 1.54) is 18.3 Å². The number of hydrogen-bond donors (Lipinski definition) is 3. The third-order valence-electron chi connectivity index (χ3n) is 3.58. The molecule has 3 N–H and O–H groups in total. The lowest BCUT2D eigenvalue weighted by atomic mass is 10.1. The van der Waals surface area contributed by atoms with Crippen molar-refractivity contribution < 1.29 is 9.50 Å². The lowest BCUT2D eigenvalue weighted by molar-refractivity contribution is 0.144. The summed E-state index contributed by atoms with van der Waals surface area (Å²) >= 11 is 0. The number of benzene rings is 1. The molecule has 0 bridgehead atoms. The third kappa shape index (κ3) is 4.00. The Labute approximate surface area is 149 Å². The maximum absolute atomic E-state index is 14.5. The second kappa shape index (κ2) is 7.69. The second-order valence-electron chi connectivity index (χ2n) is 5.47. The molecule has 0 fully saturated rings. The second-order valence-corrected chi connectivity index (χ2v) is 5.47. The molecule has 0 amide bonds. The van der Waals surface area contributed by atoms with Gasteiger partial charge in [-0.25, -0.2) is 14.4 Å². The molecule has 3 aromatic rings. The van der Waals surface area contributed by atoms with Crippen LogP contribution in [0.25, 0.3) is 11.3 Å². The number of anilines is 2. The number of rotatable bonds is 6. The molecule has 3 rings (SSSR count).